The molecule has 1 heterocycles. The molecule has 1 amide bonds. The molecule has 0 bridgehead atoms. The Labute approximate surface area is 113 Å². The molecule has 1 aromatic carbocycles. The van der Waals surface area contributed by atoms with E-state index in [2.05, 4.69) is 10.3 Å². The van der Waals surface area contributed by atoms with Crippen LogP contribution in [0.15, 0.2) is 30.5 Å². The van der Waals surface area contributed by atoms with Crippen LogP contribution in [-0.2, 0) is 0 Å². The summed E-state index contributed by atoms with van der Waals surface area (Å²) in [6, 6.07) is 4.95. The second-order valence-corrected chi connectivity index (χ2v) is 4.31. The molecular weight excluding hydrogens is 271 g/mol. The Bertz CT molecular complexity index is 647. The molecule has 4 nitrogen and oxygen atoms in total. The number of halogens is 2. The van der Waals surface area contributed by atoms with Gasteiger partial charge in [-0.2, -0.15) is 0 Å². The highest BCUT2D eigenvalue weighted by Gasteiger charge is 2.13. The van der Waals surface area contributed by atoms with Gasteiger partial charge in [0, 0.05) is 6.07 Å². The third kappa shape index (κ3) is 3.00. The summed E-state index contributed by atoms with van der Waals surface area (Å²) < 4.78 is 13.5. The van der Waals surface area contributed by atoms with E-state index in [1.807, 2.05) is 0 Å². The number of pyridine rings is 1. The van der Waals surface area contributed by atoms with E-state index in [0.29, 0.717) is 16.4 Å². The number of nitrogens with zero attached hydrogens (tertiary/aromatic N) is 1. The highest BCUT2D eigenvalue weighted by atomic mass is 35.5. The van der Waals surface area contributed by atoms with Gasteiger partial charge in [0.1, 0.15) is 16.7 Å². The maximum absolute atomic E-state index is 13.5. The number of phenols is 1. The van der Waals surface area contributed by atoms with Crippen LogP contribution in [0.1, 0.15) is 15.9 Å². The Balaban J connectivity index is 2.23. The van der Waals surface area contributed by atoms with Gasteiger partial charge in [0.15, 0.2) is 0 Å². The molecule has 0 fully saturated rings. The molecule has 2 rings (SSSR count). The van der Waals surface area contributed by atoms with E-state index in [9.17, 15) is 9.18 Å². The molecule has 1 aromatic heterocycles. The van der Waals surface area contributed by atoms with Crippen LogP contribution in [0.4, 0.5) is 10.1 Å². The molecule has 0 spiro atoms. The molecule has 2 N–H and O–H groups in total. The van der Waals surface area contributed by atoms with Gasteiger partial charge >= 0.3 is 0 Å². The second kappa shape index (κ2) is 5.24. The van der Waals surface area contributed by atoms with Gasteiger partial charge in [0.25, 0.3) is 5.91 Å². The number of hydrogen-bond acceptors (Lipinski definition) is 3. The van der Waals surface area contributed by atoms with Crippen LogP contribution in [0, 0.1) is 12.7 Å². The summed E-state index contributed by atoms with van der Waals surface area (Å²) in [5.74, 6) is -1.66. The van der Waals surface area contributed by atoms with E-state index in [1.165, 1.54) is 18.3 Å². The lowest BCUT2D eigenvalue weighted by atomic mass is 10.2. The molecule has 2 aromatic rings. The van der Waals surface area contributed by atoms with Gasteiger partial charge in [-0.05, 0) is 30.7 Å². The molecule has 0 aliphatic rings. The molecular formula is C13H10ClFN2O2. The Kier molecular flexibility index (Phi) is 3.66. The third-order valence-electron chi connectivity index (χ3n) is 2.47. The zero-order chi connectivity index (χ0) is 14.0. The highest BCUT2D eigenvalue weighted by molar-refractivity contribution is 6.30. The van der Waals surface area contributed by atoms with E-state index >= 15 is 0 Å². The van der Waals surface area contributed by atoms with Crippen molar-refractivity contribution in [2.75, 3.05) is 5.32 Å². The summed E-state index contributed by atoms with van der Waals surface area (Å²) in [4.78, 5) is 15.7. The summed E-state index contributed by atoms with van der Waals surface area (Å²) in [6.45, 7) is 1.74. The Morgan fingerprint density at radius 1 is 1.42 bits per heavy atom. The van der Waals surface area contributed by atoms with Crippen LogP contribution in [0.2, 0.25) is 5.15 Å². The third-order valence-corrected chi connectivity index (χ3v) is 2.87. The number of aromatic nitrogens is 1. The number of aromatic hydroxyl groups is 1. The summed E-state index contributed by atoms with van der Waals surface area (Å²) in [5.41, 5.74) is 0.954. The van der Waals surface area contributed by atoms with E-state index < -0.39 is 11.7 Å². The van der Waals surface area contributed by atoms with Crippen molar-refractivity contribution in [1.82, 2.24) is 4.98 Å². The van der Waals surface area contributed by atoms with Crippen LogP contribution in [0.5, 0.6) is 5.75 Å². The topological polar surface area (TPSA) is 62.2 Å². The van der Waals surface area contributed by atoms with Gasteiger partial charge in [-0.15, -0.1) is 0 Å². The van der Waals surface area contributed by atoms with Gasteiger partial charge < -0.3 is 10.4 Å². The zero-order valence-electron chi connectivity index (χ0n) is 9.95. The number of nitrogens with one attached hydrogen (secondary N) is 1. The number of anilines is 1. The van der Waals surface area contributed by atoms with E-state index in [1.54, 1.807) is 13.0 Å². The second-order valence-electron chi connectivity index (χ2n) is 3.95. The number of benzene rings is 1. The molecule has 6 heteroatoms. The van der Waals surface area contributed by atoms with Gasteiger partial charge in [-0.1, -0.05) is 11.6 Å². The van der Waals surface area contributed by atoms with Crippen molar-refractivity contribution in [2.24, 2.45) is 0 Å². The lowest BCUT2D eigenvalue weighted by molar-refractivity contribution is 0.102. The minimum atomic E-state index is -0.795. The Hall–Kier alpha value is -2.14. The largest absolute Gasteiger partial charge is 0.508 e. The average Bonchev–Trinajstić information content (AvgIpc) is 2.33. The van der Waals surface area contributed by atoms with Gasteiger partial charge in [-0.3, -0.25) is 4.79 Å². The van der Waals surface area contributed by atoms with Crippen LogP contribution in [-0.4, -0.2) is 16.0 Å². The smallest absolute Gasteiger partial charge is 0.258 e. The van der Waals surface area contributed by atoms with Crippen molar-refractivity contribution >= 4 is 23.2 Å². The zero-order valence-corrected chi connectivity index (χ0v) is 10.7. The van der Waals surface area contributed by atoms with Crippen LogP contribution in [0.3, 0.4) is 0 Å². The molecule has 0 atom stereocenters. The van der Waals surface area contributed by atoms with Crippen molar-refractivity contribution in [1.29, 1.82) is 0 Å². The number of phenolic OH excluding ortho intramolecular Hbond substituents is 1. The van der Waals surface area contributed by atoms with Crippen LogP contribution >= 0.6 is 11.6 Å². The fourth-order valence-electron chi connectivity index (χ4n) is 1.51. The van der Waals surface area contributed by atoms with Gasteiger partial charge in [0.2, 0.25) is 0 Å². The predicted octanol–water partition coefficient (Wildman–Crippen LogP) is 3.14. The standard InChI is InChI=1S/C13H10ClFN2O2/c1-7-4-8(6-16-12(7)14)17-13(19)10-3-2-9(18)5-11(10)15/h2-6,18H,1H3,(H,17,19). The Morgan fingerprint density at radius 2 is 2.16 bits per heavy atom. The van der Waals surface area contributed by atoms with Crippen molar-refractivity contribution in [3.63, 3.8) is 0 Å². The first-order valence-electron chi connectivity index (χ1n) is 5.39. The van der Waals surface area contributed by atoms with Gasteiger partial charge in [-0.25, -0.2) is 9.37 Å². The lowest BCUT2D eigenvalue weighted by Crippen LogP contribution is -2.14. The summed E-state index contributed by atoms with van der Waals surface area (Å²) in [5, 5.41) is 11.9. The molecule has 0 saturated heterocycles. The van der Waals surface area contributed by atoms with E-state index in [4.69, 9.17) is 16.7 Å². The van der Waals surface area contributed by atoms with Gasteiger partial charge in [0.05, 0.1) is 17.4 Å². The fraction of sp³-hybridized carbons (Fsp3) is 0.0769. The molecule has 0 saturated carbocycles. The molecule has 98 valence electrons. The van der Waals surface area contributed by atoms with Crippen molar-refractivity contribution < 1.29 is 14.3 Å². The normalized spacial score (nSPS) is 10.3. The van der Waals surface area contributed by atoms with Crippen LogP contribution < -0.4 is 5.32 Å². The minimum Gasteiger partial charge on any atom is -0.508 e. The Morgan fingerprint density at radius 3 is 2.79 bits per heavy atom. The first-order valence-corrected chi connectivity index (χ1v) is 5.77. The molecule has 0 aliphatic carbocycles. The number of carbonyl (C=O) groups is 1. The number of aryl methyl sites for hydroxylation is 1. The van der Waals surface area contributed by atoms with Crippen LogP contribution in [0.25, 0.3) is 0 Å². The summed E-state index contributed by atoms with van der Waals surface area (Å²) in [7, 11) is 0. The number of carbonyl (C=O) groups excluding carboxylic acids is 1. The SMILES string of the molecule is Cc1cc(NC(=O)c2ccc(O)cc2F)cnc1Cl. The summed E-state index contributed by atoms with van der Waals surface area (Å²) >= 11 is 5.77. The number of rotatable bonds is 2. The quantitative estimate of drug-likeness (QED) is 0.831. The molecule has 0 aliphatic heterocycles. The maximum Gasteiger partial charge on any atom is 0.258 e. The minimum absolute atomic E-state index is 0.162. The first-order chi connectivity index (χ1) is 8.97. The molecule has 0 unspecified atom stereocenters. The van der Waals surface area contributed by atoms with E-state index in [0.717, 1.165) is 6.07 Å². The van der Waals surface area contributed by atoms with E-state index in [-0.39, 0.29) is 11.3 Å². The van der Waals surface area contributed by atoms with Crippen molar-refractivity contribution in [2.45, 2.75) is 6.92 Å². The molecule has 19 heavy (non-hydrogen) atoms. The monoisotopic (exact) mass is 280 g/mol. The first kappa shape index (κ1) is 13.3. The maximum atomic E-state index is 13.5. The lowest BCUT2D eigenvalue weighted by Gasteiger charge is -2.07. The predicted molar refractivity (Wildman–Crippen MR) is 70.0 cm³/mol. The molecule has 0 radical (unpaired) electrons. The van der Waals surface area contributed by atoms with Crippen molar-refractivity contribution in [3.8, 4) is 5.75 Å². The summed E-state index contributed by atoms with van der Waals surface area (Å²) in [6.07, 6.45) is 1.38. The average molecular weight is 281 g/mol. The highest BCUT2D eigenvalue weighted by Crippen LogP contribution is 2.19. The van der Waals surface area contributed by atoms with Crippen molar-refractivity contribution in [3.05, 3.63) is 52.6 Å². The number of hydrogen-bond donors (Lipinski definition) is 2. The fourth-order valence-corrected chi connectivity index (χ4v) is 1.62. The number of amides is 1.